The van der Waals surface area contributed by atoms with E-state index in [0.717, 1.165) is 22.7 Å². The molecule has 1 aromatic carbocycles. The first-order chi connectivity index (χ1) is 8.54. The van der Waals surface area contributed by atoms with E-state index in [1.165, 1.54) is 5.56 Å². The molecule has 0 saturated carbocycles. The highest BCUT2D eigenvalue weighted by Crippen LogP contribution is 2.31. The number of benzene rings is 1. The Kier molecular flexibility index (Phi) is 3.39. The van der Waals surface area contributed by atoms with Crippen LogP contribution in [0.4, 0.5) is 0 Å². The van der Waals surface area contributed by atoms with Crippen LogP contribution in [0.3, 0.4) is 0 Å². The summed E-state index contributed by atoms with van der Waals surface area (Å²) < 4.78 is 7.38. The Morgan fingerprint density at radius 2 is 2.06 bits per heavy atom. The van der Waals surface area contributed by atoms with Gasteiger partial charge in [0.2, 0.25) is 0 Å². The molecular formula is C14H19N3O. The normalized spacial score (nSPS) is 12.5. The Hall–Kier alpha value is -1.81. The van der Waals surface area contributed by atoms with E-state index in [0.29, 0.717) is 0 Å². The van der Waals surface area contributed by atoms with Gasteiger partial charge in [-0.1, -0.05) is 6.07 Å². The number of hydrogen-bond donors (Lipinski definition) is 1. The third-order valence-corrected chi connectivity index (χ3v) is 3.16. The third-order valence-electron chi connectivity index (χ3n) is 3.16. The van der Waals surface area contributed by atoms with Crippen molar-refractivity contribution in [1.82, 2.24) is 9.55 Å². The molecule has 1 aromatic heterocycles. The van der Waals surface area contributed by atoms with Gasteiger partial charge in [-0.3, -0.25) is 0 Å². The van der Waals surface area contributed by atoms with Gasteiger partial charge in [0.15, 0.2) is 0 Å². The molecule has 4 heteroatoms. The summed E-state index contributed by atoms with van der Waals surface area (Å²) in [6, 6.07) is 3.84. The van der Waals surface area contributed by atoms with Gasteiger partial charge in [0, 0.05) is 25.0 Å². The molecular weight excluding hydrogens is 226 g/mol. The largest absolute Gasteiger partial charge is 0.496 e. The van der Waals surface area contributed by atoms with Crippen LogP contribution in [0.5, 0.6) is 5.75 Å². The van der Waals surface area contributed by atoms with E-state index in [9.17, 15) is 0 Å². The van der Waals surface area contributed by atoms with Gasteiger partial charge in [-0.05, 0) is 31.0 Å². The van der Waals surface area contributed by atoms with Gasteiger partial charge >= 0.3 is 0 Å². The van der Waals surface area contributed by atoms with Crippen LogP contribution in [0.15, 0.2) is 24.5 Å². The van der Waals surface area contributed by atoms with E-state index in [1.54, 1.807) is 13.3 Å². The second-order valence-electron chi connectivity index (χ2n) is 4.57. The fourth-order valence-electron chi connectivity index (χ4n) is 2.31. The molecule has 0 bridgehead atoms. The van der Waals surface area contributed by atoms with Crippen LogP contribution in [-0.2, 0) is 7.05 Å². The Bertz CT molecular complexity index is 560. The molecule has 4 nitrogen and oxygen atoms in total. The lowest BCUT2D eigenvalue weighted by molar-refractivity contribution is 0.406. The third kappa shape index (κ3) is 2.11. The molecule has 0 saturated heterocycles. The van der Waals surface area contributed by atoms with E-state index >= 15 is 0 Å². The molecule has 0 aliphatic rings. The lowest BCUT2D eigenvalue weighted by atomic mass is 9.98. The van der Waals surface area contributed by atoms with Crippen molar-refractivity contribution in [3.8, 4) is 5.75 Å². The Balaban J connectivity index is 2.54. The van der Waals surface area contributed by atoms with Gasteiger partial charge in [0.25, 0.3) is 0 Å². The molecule has 0 aliphatic carbocycles. The zero-order valence-corrected chi connectivity index (χ0v) is 11.3. The molecule has 96 valence electrons. The number of methoxy groups -OCH3 is 1. The fourth-order valence-corrected chi connectivity index (χ4v) is 2.31. The number of nitrogens with zero attached hydrogens (tertiary/aromatic N) is 2. The molecule has 1 heterocycles. The maximum atomic E-state index is 6.33. The minimum absolute atomic E-state index is 0.277. The Morgan fingerprint density at radius 3 is 2.61 bits per heavy atom. The van der Waals surface area contributed by atoms with Crippen LogP contribution < -0.4 is 10.5 Å². The predicted octanol–water partition coefficient (Wildman–Crippen LogP) is 2.09. The summed E-state index contributed by atoms with van der Waals surface area (Å²) in [5.41, 5.74) is 9.62. The first kappa shape index (κ1) is 12.6. The van der Waals surface area contributed by atoms with E-state index in [1.807, 2.05) is 37.7 Å². The Morgan fingerprint density at radius 1 is 1.33 bits per heavy atom. The summed E-state index contributed by atoms with van der Waals surface area (Å²) in [5, 5.41) is 0. The zero-order valence-electron chi connectivity index (χ0n) is 11.3. The standard InChI is InChI=1S/C14H19N3O/c1-9-7-10(2)12(11(8-9)18-4)13(15)14-16-5-6-17(14)3/h5-8,13H,15H2,1-4H3. The van der Waals surface area contributed by atoms with Gasteiger partial charge in [-0.15, -0.1) is 0 Å². The van der Waals surface area contributed by atoms with E-state index in [2.05, 4.69) is 11.1 Å². The quantitative estimate of drug-likeness (QED) is 0.901. The minimum Gasteiger partial charge on any atom is -0.496 e. The van der Waals surface area contributed by atoms with E-state index in [-0.39, 0.29) is 6.04 Å². The van der Waals surface area contributed by atoms with Crippen LogP contribution in [0.2, 0.25) is 0 Å². The van der Waals surface area contributed by atoms with Crippen molar-refractivity contribution in [3.05, 3.63) is 47.0 Å². The van der Waals surface area contributed by atoms with Crippen LogP contribution in [0.1, 0.15) is 28.6 Å². The summed E-state index contributed by atoms with van der Waals surface area (Å²) in [6.45, 7) is 4.10. The second kappa shape index (κ2) is 4.82. The fraction of sp³-hybridized carbons (Fsp3) is 0.357. The Labute approximate surface area is 107 Å². The maximum absolute atomic E-state index is 6.33. The average molecular weight is 245 g/mol. The maximum Gasteiger partial charge on any atom is 0.130 e. The van der Waals surface area contributed by atoms with Crippen molar-refractivity contribution in [2.45, 2.75) is 19.9 Å². The van der Waals surface area contributed by atoms with Crippen molar-refractivity contribution in [3.63, 3.8) is 0 Å². The molecule has 2 N–H and O–H groups in total. The zero-order chi connectivity index (χ0) is 13.3. The molecule has 0 amide bonds. The smallest absolute Gasteiger partial charge is 0.130 e. The van der Waals surface area contributed by atoms with Gasteiger partial charge in [0.05, 0.1) is 13.2 Å². The van der Waals surface area contributed by atoms with Crippen molar-refractivity contribution >= 4 is 0 Å². The van der Waals surface area contributed by atoms with Crippen LogP contribution in [0.25, 0.3) is 0 Å². The topological polar surface area (TPSA) is 53.1 Å². The van der Waals surface area contributed by atoms with Gasteiger partial charge < -0.3 is 15.0 Å². The van der Waals surface area contributed by atoms with Crippen molar-refractivity contribution < 1.29 is 4.74 Å². The number of imidazole rings is 1. The van der Waals surface area contributed by atoms with Crippen LogP contribution in [0, 0.1) is 13.8 Å². The molecule has 0 spiro atoms. The molecule has 0 radical (unpaired) electrons. The van der Waals surface area contributed by atoms with Gasteiger partial charge in [0.1, 0.15) is 11.6 Å². The SMILES string of the molecule is COc1cc(C)cc(C)c1C(N)c1nccn1C. The highest BCUT2D eigenvalue weighted by atomic mass is 16.5. The summed E-state index contributed by atoms with van der Waals surface area (Å²) in [7, 11) is 3.61. The highest BCUT2D eigenvalue weighted by molar-refractivity contribution is 5.46. The summed E-state index contributed by atoms with van der Waals surface area (Å²) in [6.07, 6.45) is 3.65. The number of ether oxygens (including phenoxy) is 1. The lowest BCUT2D eigenvalue weighted by Crippen LogP contribution is -2.18. The van der Waals surface area contributed by atoms with Gasteiger partial charge in [-0.2, -0.15) is 0 Å². The first-order valence-electron chi connectivity index (χ1n) is 5.92. The molecule has 0 fully saturated rings. The average Bonchev–Trinajstić information content (AvgIpc) is 2.73. The molecule has 2 aromatic rings. The molecule has 0 aliphatic heterocycles. The number of hydrogen-bond acceptors (Lipinski definition) is 3. The number of nitrogens with two attached hydrogens (primary N) is 1. The second-order valence-corrected chi connectivity index (χ2v) is 4.57. The lowest BCUT2D eigenvalue weighted by Gasteiger charge is -2.19. The molecule has 1 atom stereocenters. The van der Waals surface area contributed by atoms with Crippen molar-refractivity contribution in [2.24, 2.45) is 12.8 Å². The number of aryl methyl sites for hydroxylation is 3. The molecule has 1 unspecified atom stereocenters. The summed E-state index contributed by atoms with van der Waals surface area (Å²) in [4.78, 5) is 4.31. The summed E-state index contributed by atoms with van der Waals surface area (Å²) in [5.74, 6) is 1.66. The van der Waals surface area contributed by atoms with Crippen LogP contribution >= 0.6 is 0 Å². The monoisotopic (exact) mass is 245 g/mol. The van der Waals surface area contributed by atoms with E-state index in [4.69, 9.17) is 10.5 Å². The van der Waals surface area contributed by atoms with Gasteiger partial charge in [-0.25, -0.2) is 4.98 Å². The first-order valence-corrected chi connectivity index (χ1v) is 5.92. The van der Waals surface area contributed by atoms with Crippen molar-refractivity contribution in [2.75, 3.05) is 7.11 Å². The van der Waals surface area contributed by atoms with Crippen LogP contribution in [-0.4, -0.2) is 16.7 Å². The number of aromatic nitrogens is 2. The number of rotatable bonds is 3. The molecule has 18 heavy (non-hydrogen) atoms. The van der Waals surface area contributed by atoms with E-state index < -0.39 is 0 Å². The predicted molar refractivity (Wildman–Crippen MR) is 71.7 cm³/mol. The van der Waals surface area contributed by atoms with Crippen molar-refractivity contribution in [1.29, 1.82) is 0 Å². The summed E-state index contributed by atoms with van der Waals surface area (Å²) >= 11 is 0. The minimum atomic E-state index is -0.277. The molecule has 2 rings (SSSR count). The highest BCUT2D eigenvalue weighted by Gasteiger charge is 2.20.